The van der Waals surface area contributed by atoms with Crippen LogP contribution in [0.5, 0.6) is 0 Å². The van der Waals surface area contributed by atoms with Crippen LogP contribution >= 0.6 is 0 Å². The zero-order valence-corrected chi connectivity index (χ0v) is 15.8. The molecule has 1 amide bonds. The number of nitrogens with two attached hydrogens (primary N) is 1. The molecule has 0 unspecified atom stereocenters. The molecule has 2 N–H and O–H groups in total. The summed E-state index contributed by atoms with van der Waals surface area (Å²) in [6.45, 7) is 6.33. The molecule has 2 saturated heterocycles. The lowest BCUT2D eigenvalue weighted by Crippen LogP contribution is -2.59. The number of piperidine rings is 2. The maximum Gasteiger partial charge on any atom is 0.242 e. The summed E-state index contributed by atoms with van der Waals surface area (Å²) in [7, 11) is 2.23. The molecule has 3 fully saturated rings. The van der Waals surface area contributed by atoms with E-state index in [1.165, 1.54) is 58.0 Å². The van der Waals surface area contributed by atoms with Crippen molar-refractivity contribution in [1.82, 2.24) is 9.80 Å². The summed E-state index contributed by atoms with van der Waals surface area (Å²) >= 11 is 0. The van der Waals surface area contributed by atoms with Gasteiger partial charge in [-0.15, -0.1) is 0 Å². The third-order valence-electron chi connectivity index (χ3n) is 7.17. The van der Waals surface area contributed by atoms with Gasteiger partial charge in [-0.25, -0.2) is 0 Å². The number of carbonyl (C=O) groups excluding carboxylic acids is 1. The van der Waals surface area contributed by atoms with E-state index in [9.17, 15) is 4.79 Å². The minimum absolute atomic E-state index is 0.219. The average Bonchev–Trinajstić information content (AvgIpc) is 2.62. The molecule has 4 heteroatoms. The summed E-state index contributed by atoms with van der Waals surface area (Å²) < 4.78 is 0. The van der Waals surface area contributed by atoms with Crippen LogP contribution in [0.25, 0.3) is 0 Å². The van der Waals surface area contributed by atoms with Crippen molar-refractivity contribution in [2.75, 3.05) is 33.2 Å². The smallest absolute Gasteiger partial charge is 0.242 e. The van der Waals surface area contributed by atoms with Gasteiger partial charge in [0.05, 0.1) is 5.54 Å². The van der Waals surface area contributed by atoms with Crippen LogP contribution in [0.3, 0.4) is 0 Å². The molecule has 3 rings (SSSR count). The average molecular weight is 336 g/mol. The van der Waals surface area contributed by atoms with Crippen molar-refractivity contribution >= 4 is 5.91 Å². The Morgan fingerprint density at radius 2 is 1.38 bits per heavy atom. The lowest BCUT2D eigenvalue weighted by atomic mass is 9.74. The van der Waals surface area contributed by atoms with Gasteiger partial charge in [0.15, 0.2) is 0 Å². The minimum Gasteiger partial charge on any atom is -0.341 e. The van der Waals surface area contributed by atoms with Gasteiger partial charge in [0.25, 0.3) is 0 Å². The predicted octanol–water partition coefficient (Wildman–Crippen LogP) is 2.86. The van der Waals surface area contributed by atoms with E-state index in [0.717, 1.165) is 37.8 Å². The molecule has 2 aliphatic heterocycles. The van der Waals surface area contributed by atoms with Gasteiger partial charge in [-0.05, 0) is 83.3 Å². The van der Waals surface area contributed by atoms with E-state index in [0.29, 0.717) is 5.92 Å². The predicted molar refractivity (Wildman–Crippen MR) is 98.7 cm³/mol. The monoisotopic (exact) mass is 335 g/mol. The molecular weight excluding hydrogens is 298 g/mol. The molecule has 0 bridgehead atoms. The minimum atomic E-state index is -0.652. The summed E-state index contributed by atoms with van der Waals surface area (Å²) in [4.78, 5) is 17.6. The normalized spacial score (nSPS) is 28.7. The Labute approximate surface area is 148 Å². The first kappa shape index (κ1) is 18.2. The zero-order valence-electron chi connectivity index (χ0n) is 15.8. The van der Waals surface area contributed by atoms with E-state index in [1.807, 2.05) is 6.92 Å². The second kappa shape index (κ2) is 7.74. The number of hydrogen-bond acceptors (Lipinski definition) is 3. The van der Waals surface area contributed by atoms with E-state index in [2.05, 4.69) is 16.8 Å². The van der Waals surface area contributed by atoms with Crippen LogP contribution in [0, 0.1) is 17.8 Å². The topological polar surface area (TPSA) is 49.6 Å². The molecule has 0 aromatic carbocycles. The fourth-order valence-electron chi connectivity index (χ4n) is 5.29. The van der Waals surface area contributed by atoms with Crippen LogP contribution in [-0.4, -0.2) is 54.5 Å². The molecule has 1 atom stereocenters. The molecule has 4 nitrogen and oxygen atoms in total. The summed E-state index contributed by atoms with van der Waals surface area (Å²) in [5.41, 5.74) is 5.91. The van der Waals surface area contributed by atoms with Gasteiger partial charge in [-0.2, -0.15) is 0 Å². The number of carbonyl (C=O) groups is 1. The van der Waals surface area contributed by atoms with Crippen molar-refractivity contribution in [3.63, 3.8) is 0 Å². The number of rotatable bonds is 3. The first-order valence-electron chi connectivity index (χ1n) is 10.3. The van der Waals surface area contributed by atoms with Crippen molar-refractivity contribution < 1.29 is 4.79 Å². The van der Waals surface area contributed by atoms with E-state index >= 15 is 0 Å². The van der Waals surface area contributed by atoms with Gasteiger partial charge < -0.3 is 15.5 Å². The number of hydrogen-bond donors (Lipinski definition) is 1. The van der Waals surface area contributed by atoms with Gasteiger partial charge >= 0.3 is 0 Å². The number of likely N-dealkylation sites (tertiary alicyclic amines) is 2. The van der Waals surface area contributed by atoms with E-state index in [-0.39, 0.29) is 5.91 Å². The van der Waals surface area contributed by atoms with Crippen molar-refractivity contribution in [1.29, 1.82) is 0 Å². The number of nitrogens with zero attached hydrogens (tertiary/aromatic N) is 2. The lowest BCUT2D eigenvalue weighted by Gasteiger charge is -2.43. The highest BCUT2D eigenvalue weighted by Gasteiger charge is 2.41. The maximum absolute atomic E-state index is 13.0. The Balaban J connectivity index is 1.51. The van der Waals surface area contributed by atoms with Crippen molar-refractivity contribution in [3.8, 4) is 0 Å². The SMILES string of the molecule is CN1CCC(C2CCN(C(=O)[C@](C)(N)C3CCCCC3)CC2)CC1. The standard InChI is InChI=1S/C20H37N3O/c1-20(21,18-6-4-3-5-7-18)19(24)23-14-10-17(11-15-23)16-8-12-22(2)13-9-16/h16-18H,3-15,21H2,1-2H3/t20-/m1/s1. The molecule has 2 heterocycles. The van der Waals surface area contributed by atoms with Gasteiger partial charge in [-0.3, -0.25) is 4.79 Å². The second-order valence-electron chi connectivity index (χ2n) is 8.89. The number of amides is 1. The molecule has 0 aromatic rings. The summed E-state index contributed by atoms with van der Waals surface area (Å²) in [6.07, 6.45) is 11.1. The first-order chi connectivity index (χ1) is 11.5. The van der Waals surface area contributed by atoms with E-state index in [1.54, 1.807) is 0 Å². The van der Waals surface area contributed by atoms with Gasteiger partial charge in [-0.1, -0.05) is 19.3 Å². The first-order valence-corrected chi connectivity index (χ1v) is 10.3. The van der Waals surface area contributed by atoms with Crippen LogP contribution in [0.4, 0.5) is 0 Å². The Morgan fingerprint density at radius 3 is 1.92 bits per heavy atom. The molecule has 1 saturated carbocycles. The van der Waals surface area contributed by atoms with Crippen molar-refractivity contribution in [2.45, 2.75) is 70.3 Å². The molecule has 24 heavy (non-hydrogen) atoms. The summed E-state index contributed by atoms with van der Waals surface area (Å²) in [6, 6.07) is 0. The Kier molecular flexibility index (Phi) is 5.86. The fourth-order valence-corrected chi connectivity index (χ4v) is 5.29. The second-order valence-corrected chi connectivity index (χ2v) is 8.89. The summed E-state index contributed by atoms with van der Waals surface area (Å²) in [5.74, 6) is 2.30. The molecule has 3 aliphatic rings. The van der Waals surface area contributed by atoms with Crippen LogP contribution in [0.2, 0.25) is 0 Å². The van der Waals surface area contributed by atoms with E-state index in [4.69, 9.17) is 5.73 Å². The fraction of sp³-hybridized carbons (Fsp3) is 0.950. The Hall–Kier alpha value is -0.610. The van der Waals surface area contributed by atoms with Crippen LogP contribution in [-0.2, 0) is 4.79 Å². The van der Waals surface area contributed by atoms with Crippen molar-refractivity contribution in [2.24, 2.45) is 23.5 Å². The molecule has 0 radical (unpaired) electrons. The van der Waals surface area contributed by atoms with Gasteiger partial charge in [0, 0.05) is 13.1 Å². The largest absolute Gasteiger partial charge is 0.341 e. The third kappa shape index (κ3) is 3.96. The Morgan fingerprint density at radius 1 is 0.875 bits per heavy atom. The molecule has 138 valence electrons. The lowest BCUT2D eigenvalue weighted by molar-refractivity contribution is -0.140. The van der Waals surface area contributed by atoms with E-state index < -0.39 is 5.54 Å². The van der Waals surface area contributed by atoms with Gasteiger partial charge in [0.1, 0.15) is 0 Å². The highest BCUT2D eigenvalue weighted by molar-refractivity contribution is 5.86. The maximum atomic E-state index is 13.0. The quantitative estimate of drug-likeness (QED) is 0.863. The van der Waals surface area contributed by atoms with Crippen LogP contribution in [0.1, 0.15) is 64.7 Å². The van der Waals surface area contributed by atoms with Crippen LogP contribution in [0.15, 0.2) is 0 Å². The third-order valence-corrected chi connectivity index (χ3v) is 7.17. The zero-order chi connectivity index (χ0) is 17.2. The Bertz CT molecular complexity index is 415. The molecular formula is C20H37N3O. The summed E-state index contributed by atoms with van der Waals surface area (Å²) in [5, 5.41) is 0. The van der Waals surface area contributed by atoms with Crippen molar-refractivity contribution in [3.05, 3.63) is 0 Å². The highest BCUT2D eigenvalue weighted by Crippen LogP contribution is 2.35. The highest BCUT2D eigenvalue weighted by atomic mass is 16.2. The van der Waals surface area contributed by atoms with Gasteiger partial charge in [0.2, 0.25) is 5.91 Å². The van der Waals surface area contributed by atoms with Crippen LogP contribution < -0.4 is 5.73 Å². The molecule has 1 aliphatic carbocycles. The molecule has 0 aromatic heterocycles. The molecule has 0 spiro atoms.